The van der Waals surface area contributed by atoms with Crippen molar-refractivity contribution >= 4 is 34.9 Å². The van der Waals surface area contributed by atoms with Gasteiger partial charge < -0.3 is 5.32 Å². The van der Waals surface area contributed by atoms with E-state index in [9.17, 15) is 0 Å². The monoisotopic (exact) mass is 287 g/mol. The lowest BCUT2D eigenvalue weighted by molar-refractivity contribution is 0.551. The fraction of sp³-hybridized carbons (Fsp3) is 0.692. The molecule has 1 aromatic heterocycles. The first-order valence-electron chi connectivity index (χ1n) is 6.23. The van der Waals surface area contributed by atoms with Gasteiger partial charge in [-0.3, -0.25) is 0 Å². The van der Waals surface area contributed by atoms with Gasteiger partial charge in [0, 0.05) is 31.8 Å². The summed E-state index contributed by atoms with van der Waals surface area (Å²) in [7, 11) is 2.10. The van der Waals surface area contributed by atoms with Crippen molar-refractivity contribution in [1.29, 1.82) is 0 Å². The molecule has 0 radical (unpaired) electrons. The smallest absolute Gasteiger partial charge is 0.0543 e. The SMILES string of the molecule is CCC1SCCSC1C(NC)c1ccc(C)s1. The summed E-state index contributed by atoms with van der Waals surface area (Å²) in [6.45, 7) is 4.52. The molecule has 17 heavy (non-hydrogen) atoms. The molecule has 1 aliphatic heterocycles. The minimum Gasteiger partial charge on any atom is -0.311 e. The van der Waals surface area contributed by atoms with E-state index >= 15 is 0 Å². The Labute approximate surface area is 117 Å². The summed E-state index contributed by atoms with van der Waals surface area (Å²) in [6, 6.07) is 5.07. The predicted molar refractivity (Wildman–Crippen MR) is 83.6 cm³/mol. The molecule has 1 fully saturated rings. The minimum absolute atomic E-state index is 0.524. The number of thiophene rings is 1. The van der Waals surface area contributed by atoms with Crippen molar-refractivity contribution in [1.82, 2.24) is 5.32 Å². The van der Waals surface area contributed by atoms with E-state index in [2.05, 4.69) is 61.9 Å². The van der Waals surface area contributed by atoms with Crippen molar-refractivity contribution in [2.75, 3.05) is 18.6 Å². The average Bonchev–Trinajstić information content (AvgIpc) is 2.77. The fourth-order valence-corrected chi connectivity index (χ4v) is 6.74. The van der Waals surface area contributed by atoms with E-state index in [0.717, 1.165) is 10.5 Å². The molecule has 0 amide bonds. The maximum Gasteiger partial charge on any atom is 0.0543 e. The molecule has 96 valence electrons. The van der Waals surface area contributed by atoms with Crippen molar-refractivity contribution < 1.29 is 0 Å². The molecular weight excluding hydrogens is 266 g/mol. The molecule has 0 spiro atoms. The van der Waals surface area contributed by atoms with E-state index < -0.39 is 0 Å². The first-order valence-corrected chi connectivity index (χ1v) is 9.14. The quantitative estimate of drug-likeness (QED) is 0.901. The lowest BCUT2D eigenvalue weighted by atomic mass is 10.1. The normalized spacial score (nSPS) is 27.0. The Morgan fingerprint density at radius 2 is 2.12 bits per heavy atom. The van der Waals surface area contributed by atoms with Crippen LogP contribution < -0.4 is 5.32 Å². The molecule has 0 aliphatic carbocycles. The molecule has 1 nitrogen and oxygen atoms in total. The lowest BCUT2D eigenvalue weighted by Gasteiger charge is -2.35. The highest BCUT2D eigenvalue weighted by Crippen LogP contribution is 2.41. The molecule has 0 aromatic carbocycles. The second-order valence-corrected chi connectivity index (χ2v) is 8.32. The Balaban J connectivity index is 2.16. The van der Waals surface area contributed by atoms with Crippen LogP contribution in [0, 0.1) is 6.92 Å². The highest BCUT2D eigenvalue weighted by molar-refractivity contribution is 8.07. The van der Waals surface area contributed by atoms with Gasteiger partial charge in [0.1, 0.15) is 0 Å². The Hall–Kier alpha value is 0.360. The molecule has 0 bridgehead atoms. The summed E-state index contributed by atoms with van der Waals surface area (Å²) >= 11 is 6.26. The van der Waals surface area contributed by atoms with E-state index in [1.54, 1.807) is 0 Å². The maximum absolute atomic E-state index is 3.54. The van der Waals surface area contributed by atoms with Crippen LogP contribution in [-0.2, 0) is 0 Å². The van der Waals surface area contributed by atoms with Gasteiger partial charge >= 0.3 is 0 Å². The van der Waals surface area contributed by atoms with Gasteiger partial charge in [-0.25, -0.2) is 0 Å². The van der Waals surface area contributed by atoms with Crippen LogP contribution in [0.3, 0.4) is 0 Å². The van der Waals surface area contributed by atoms with Gasteiger partial charge in [-0.2, -0.15) is 23.5 Å². The van der Waals surface area contributed by atoms with Gasteiger partial charge in [0.05, 0.1) is 6.04 Å². The number of nitrogens with one attached hydrogen (secondary N) is 1. The summed E-state index contributed by atoms with van der Waals surface area (Å²) in [5, 5.41) is 5.07. The lowest BCUT2D eigenvalue weighted by Crippen LogP contribution is -2.36. The van der Waals surface area contributed by atoms with Crippen molar-refractivity contribution in [3.8, 4) is 0 Å². The molecule has 3 atom stereocenters. The summed E-state index contributed by atoms with van der Waals surface area (Å²) in [6.07, 6.45) is 1.28. The van der Waals surface area contributed by atoms with E-state index in [1.165, 1.54) is 27.7 Å². The Morgan fingerprint density at radius 1 is 1.35 bits per heavy atom. The molecule has 3 unspecified atom stereocenters. The molecule has 4 heteroatoms. The van der Waals surface area contributed by atoms with Gasteiger partial charge in [-0.05, 0) is 32.5 Å². The predicted octanol–water partition coefficient (Wildman–Crippen LogP) is 3.94. The molecule has 0 saturated carbocycles. The highest BCUT2D eigenvalue weighted by atomic mass is 32.2. The third-order valence-corrected chi connectivity index (χ3v) is 7.64. The van der Waals surface area contributed by atoms with Gasteiger partial charge in [0.25, 0.3) is 0 Å². The average molecular weight is 288 g/mol. The Kier molecular flexibility index (Phi) is 5.27. The van der Waals surface area contributed by atoms with Crippen LogP contribution in [0.15, 0.2) is 12.1 Å². The zero-order chi connectivity index (χ0) is 12.3. The number of rotatable bonds is 4. The zero-order valence-electron chi connectivity index (χ0n) is 10.7. The minimum atomic E-state index is 0.524. The molecule has 1 N–H and O–H groups in total. The summed E-state index contributed by atoms with van der Waals surface area (Å²) in [4.78, 5) is 2.92. The van der Waals surface area contributed by atoms with E-state index in [-0.39, 0.29) is 0 Å². The molecule has 2 heterocycles. The molecular formula is C13H21NS3. The van der Waals surface area contributed by atoms with Gasteiger partial charge in [-0.15, -0.1) is 11.3 Å². The number of thioether (sulfide) groups is 2. The topological polar surface area (TPSA) is 12.0 Å². The van der Waals surface area contributed by atoms with Crippen LogP contribution in [0.25, 0.3) is 0 Å². The van der Waals surface area contributed by atoms with E-state index in [4.69, 9.17) is 0 Å². The first-order chi connectivity index (χ1) is 8.26. The first kappa shape index (κ1) is 13.8. The van der Waals surface area contributed by atoms with Crippen LogP contribution in [0.5, 0.6) is 0 Å². The third kappa shape index (κ3) is 3.22. The second-order valence-electron chi connectivity index (χ2n) is 4.37. The number of hydrogen-bond donors (Lipinski definition) is 1. The van der Waals surface area contributed by atoms with E-state index in [0.29, 0.717) is 6.04 Å². The van der Waals surface area contributed by atoms with Crippen molar-refractivity contribution in [2.24, 2.45) is 0 Å². The third-order valence-electron chi connectivity index (χ3n) is 3.20. The Morgan fingerprint density at radius 3 is 2.71 bits per heavy atom. The van der Waals surface area contributed by atoms with E-state index in [1.807, 2.05) is 11.3 Å². The second kappa shape index (κ2) is 6.50. The Bertz CT molecular complexity index is 350. The fourth-order valence-electron chi connectivity index (χ4n) is 2.34. The summed E-state index contributed by atoms with van der Waals surface area (Å²) in [5.41, 5.74) is 0. The highest BCUT2D eigenvalue weighted by Gasteiger charge is 2.32. The zero-order valence-corrected chi connectivity index (χ0v) is 13.2. The van der Waals surface area contributed by atoms with Crippen molar-refractivity contribution in [3.63, 3.8) is 0 Å². The molecule has 2 rings (SSSR count). The molecule has 1 saturated heterocycles. The van der Waals surface area contributed by atoms with Crippen LogP contribution in [0.1, 0.15) is 29.1 Å². The van der Waals surface area contributed by atoms with Crippen molar-refractivity contribution in [2.45, 2.75) is 36.8 Å². The maximum atomic E-state index is 3.54. The molecule has 1 aromatic rings. The summed E-state index contributed by atoms with van der Waals surface area (Å²) < 4.78 is 0. The van der Waals surface area contributed by atoms with Crippen LogP contribution in [0.2, 0.25) is 0 Å². The van der Waals surface area contributed by atoms with Crippen LogP contribution in [0.4, 0.5) is 0 Å². The number of hydrogen-bond acceptors (Lipinski definition) is 4. The molecule has 1 aliphatic rings. The summed E-state index contributed by atoms with van der Waals surface area (Å²) in [5.74, 6) is 2.62. The van der Waals surface area contributed by atoms with Crippen LogP contribution >= 0.6 is 34.9 Å². The van der Waals surface area contributed by atoms with Gasteiger partial charge in [-0.1, -0.05) is 6.92 Å². The standard InChI is InChI=1S/C13H21NS3/c1-4-10-13(16-8-7-15-10)12(14-3)11-6-5-9(2)17-11/h5-6,10,12-14H,4,7-8H2,1-3H3. The number of aryl methyl sites for hydroxylation is 1. The van der Waals surface area contributed by atoms with Crippen molar-refractivity contribution in [3.05, 3.63) is 21.9 Å². The van der Waals surface area contributed by atoms with Gasteiger partial charge in [0.2, 0.25) is 0 Å². The van der Waals surface area contributed by atoms with Gasteiger partial charge in [0.15, 0.2) is 0 Å². The van der Waals surface area contributed by atoms with Crippen LogP contribution in [-0.4, -0.2) is 29.1 Å². The largest absolute Gasteiger partial charge is 0.311 e.